The van der Waals surface area contributed by atoms with Crippen molar-refractivity contribution in [2.24, 2.45) is 22.7 Å². The van der Waals surface area contributed by atoms with E-state index in [2.05, 4.69) is 33.0 Å². The molecule has 98 valence electrons. The summed E-state index contributed by atoms with van der Waals surface area (Å²) in [6.07, 6.45) is 4.08. The molecule has 17 heavy (non-hydrogen) atoms. The van der Waals surface area contributed by atoms with Crippen molar-refractivity contribution in [3.63, 3.8) is 0 Å². The Morgan fingerprint density at radius 1 is 1.29 bits per heavy atom. The first-order valence-electron chi connectivity index (χ1n) is 7.05. The maximum Gasteiger partial charge on any atom is 0.157 e. The molecule has 1 fully saturated rings. The lowest BCUT2D eigenvalue weighted by Crippen LogP contribution is -2.42. The fraction of sp³-hybridized carbons (Fsp3) is 0.929. The predicted octanol–water partition coefficient (Wildman–Crippen LogP) is 3.53. The van der Waals surface area contributed by atoms with Crippen molar-refractivity contribution >= 4 is 16.9 Å². The molecule has 0 amide bonds. The molecule has 3 heteroatoms. The van der Waals surface area contributed by atoms with Crippen LogP contribution in [0.3, 0.4) is 0 Å². The van der Waals surface area contributed by atoms with E-state index in [9.17, 15) is 0 Å². The zero-order valence-corrected chi connectivity index (χ0v) is 12.4. The minimum Gasteiger partial charge on any atom is -0.362 e. The monoisotopic (exact) mass is 254 g/mol. The van der Waals surface area contributed by atoms with E-state index in [0.29, 0.717) is 18.0 Å². The maximum atomic E-state index is 4.81. The lowest BCUT2D eigenvalue weighted by molar-refractivity contribution is 0.225. The molecule has 0 aromatic heterocycles. The highest BCUT2D eigenvalue weighted by molar-refractivity contribution is 8.14. The summed E-state index contributed by atoms with van der Waals surface area (Å²) in [7, 11) is 0. The van der Waals surface area contributed by atoms with Crippen LogP contribution < -0.4 is 5.32 Å². The molecule has 0 radical (unpaired) electrons. The highest BCUT2D eigenvalue weighted by Crippen LogP contribution is 2.31. The minimum absolute atomic E-state index is 0.527. The van der Waals surface area contributed by atoms with Gasteiger partial charge in [0, 0.05) is 11.8 Å². The van der Waals surface area contributed by atoms with Crippen LogP contribution in [0, 0.1) is 17.8 Å². The standard InChI is InChI=1S/C14H26N2S/c1-9(2)13-8-17-14(16-13)15-12-7-5-6-10(3)11(12)4/h9-13H,5-8H2,1-4H3,(H,15,16). The van der Waals surface area contributed by atoms with Crippen LogP contribution in [-0.2, 0) is 0 Å². The third kappa shape index (κ3) is 3.18. The highest BCUT2D eigenvalue weighted by atomic mass is 32.2. The van der Waals surface area contributed by atoms with Gasteiger partial charge in [0.1, 0.15) is 0 Å². The number of amidine groups is 1. The molecule has 1 aliphatic heterocycles. The number of nitrogens with zero attached hydrogens (tertiary/aromatic N) is 1. The van der Waals surface area contributed by atoms with E-state index < -0.39 is 0 Å². The Bertz CT molecular complexity index is 288. The lowest BCUT2D eigenvalue weighted by atomic mass is 9.78. The molecular weight excluding hydrogens is 228 g/mol. The van der Waals surface area contributed by atoms with Crippen molar-refractivity contribution in [3.8, 4) is 0 Å². The first-order chi connectivity index (χ1) is 8.08. The van der Waals surface area contributed by atoms with E-state index in [1.54, 1.807) is 0 Å². The SMILES string of the molecule is CC(C)C1CSC(NC2CCCC(C)C2C)=N1. The van der Waals surface area contributed by atoms with Crippen LogP contribution in [0.2, 0.25) is 0 Å². The summed E-state index contributed by atoms with van der Waals surface area (Å²) >= 11 is 1.91. The normalized spacial score (nSPS) is 38.3. The van der Waals surface area contributed by atoms with Gasteiger partial charge in [0.25, 0.3) is 0 Å². The number of hydrogen-bond acceptors (Lipinski definition) is 3. The van der Waals surface area contributed by atoms with Crippen molar-refractivity contribution in [3.05, 3.63) is 0 Å². The summed E-state index contributed by atoms with van der Waals surface area (Å²) < 4.78 is 0. The Morgan fingerprint density at radius 3 is 2.71 bits per heavy atom. The fourth-order valence-corrected chi connectivity index (χ4v) is 3.99. The van der Waals surface area contributed by atoms with E-state index in [0.717, 1.165) is 17.6 Å². The summed E-state index contributed by atoms with van der Waals surface area (Å²) in [5, 5.41) is 4.90. The van der Waals surface area contributed by atoms with Crippen LogP contribution in [0.5, 0.6) is 0 Å². The summed E-state index contributed by atoms with van der Waals surface area (Å²) in [5.41, 5.74) is 0. The van der Waals surface area contributed by atoms with Crippen molar-refractivity contribution < 1.29 is 0 Å². The van der Waals surface area contributed by atoms with Gasteiger partial charge in [0.2, 0.25) is 0 Å². The van der Waals surface area contributed by atoms with Gasteiger partial charge in [-0.1, -0.05) is 52.3 Å². The van der Waals surface area contributed by atoms with Gasteiger partial charge in [-0.05, 0) is 24.2 Å². The Kier molecular flexibility index (Phi) is 4.40. The quantitative estimate of drug-likeness (QED) is 0.815. The molecule has 0 bridgehead atoms. The van der Waals surface area contributed by atoms with Crippen LogP contribution in [0.1, 0.15) is 47.0 Å². The van der Waals surface area contributed by atoms with Gasteiger partial charge in [-0.3, -0.25) is 4.99 Å². The van der Waals surface area contributed by atoms with Crippen molar-refractivity contribution in [2.45, 2.75) is 59.0 Å². The third-order valence-corrected chi connectivity index (χ3v) is 5.46. The summed E-state index contributed by atoms with van der Waals surface area (Å²) in [6.45, 7) is 9.31. The molecule has 0 saturated heterocycles. The summed E-state index contributed by atoms with van der Waals surface area (Å²) in [6, 6.07) is 1.18. The molecule has 0 aromatic carbocycles. The van der Waals surface area contributed by atoms with E-state index in [-0.39, 0.29) is 0 Å². The molecule has 1 aliphatic carbocycles. The largest absolute Gasteiger partial charge is 0.362 e. The molecule has 2 nitrogen and oxygen atoms in total. The predicted molar refractivity (Wildman–Crippen MR) is 77.6 cm³/mol. The van der Waals surface area contributed by atoms with Crippen molar-refractivity contribution in [1.29, 1.82) is 0 Å². The second-order valence-corrected chi connectivity index (χ2v) is 7.08. The van der Waals surface area contributed by atoms with Gasteiger partial charge in [-0.15, -0.1) is 0 Å². The molecule has 1 heterocycles. The van der Waals surface area contributed by atoms with Gasteiger partial charge in [0.05, 0.1) is 6.04 Å². The molecule has 2 rings (SSSR count). The molecule has 2 aliphatic rings. The van der Waals surface area contributed by atoms with Crippen molar-refractivity contribution in [1.82, 2.24) is 5.32 Å². The molecular formula is C14H26N2S. The Morgan fingerprint density at radius 2 is 2.06 bits per heavy atom. The van der Waals surface area contributed by atoms with Crippen LogP contribution in [-0.4, -0.2) is 23.0 Å². The van der Waals surface area contributed by atoms with Gasteiger partial charge in [-0.2, -0.15) is 0 Å². The minimum atomic E-state index is 0.527. The number of aliphatic imine (C=N–C) groups is 1. The smallest absolute Gasteiger partial charge is 0.157 e. The Balaban J connectivity index is 1.91. The molecule has 4 atom stereocenters. The van der Waals surface area contributed by atoms with Gasteiger partial charge in [0.15, 0.2) is 5.17 Å². The molecule has 0 spiro atoms. The molecule has 1 saturated carbocycles. The van der Waals surface area contributed by atoms with E-state index in [4.69, 9.17) is 4.99 Å². The van der Waals surface area contributed by atoms with E-state index in [1.807, 2.05) is 11.8 Å². The second kappa shape index (κ2) is 5.64. The first-order valence-corrected chi connectivity index (χ1v) is 8.03. The van der Waals surface area contributed by atoms with Gasteiger partial charge in [-0.25, -0.2) is 0 Å². The Hall–Kier alpha value is -0.180. The number of thioether (sulfide) groups is 1. The number of hydrogen-bond donors (Lipinski definition) is 1. The summed E-state index contributed by atoms with van der Waals surface area (Å²) in [4.78, 5) is 4.81. The molecule has 0 aromatic rings. The van der Waals surface area contributed by atoms with Gasteiger partial charge < -0.3 is 5.32 Å². The van der Waals surface area contributed by atoms with Crippen LogP contribution >= 0.6 is 11.8 Å². The van der Waals surface area contributed by atoms with E-state index in [1.165, 1.54) is 24.4 Å². The van der Waals surface area contributed by atoms with E-state index >= 15 is 0 Å². The topological polar surface area (TPSA) is 24.4 Å². The van der Waals surface area contributed by atoms with Gasteiger partial charge >= 0.3 is 0 Å². The fourth-order valence-electron chi connectivity index (χ4n) is 2.75. The zero-order valence-electron chi connectivity index (χ0n) is 11.6. The maximum absolute atomic E-state index is 4.81. The summed E-state index contributed by atoms with van der Waals surface area (Å²) in [5.74, 6) is 3.47. The van der Waals surface area contributed by atoms with Crippen LogP contribution in [0.15, 0.2) is 4.99 Å². The second-order valence-electron chi connectivity index (χ2n) is 6.07. The first kappa shape index (κ1) is 13.3. The van der Waals surface area contributed by atoms with Crippen molar-refractivity contribution in [2.75, 3.05) is 5.75 Å². The van der Waals surface area contributed by atoms with Crippen LogP contribution in [0.25, 0.3) is 0 Å². The molecule has 4 unspecified atom stereocenters. The molecule has 1 N–H and O–H groups in total. The lowest BCUT2D eigenvalue weighted by Gasteiger charge is -2.34. The number of nitrogens with one attached hydrogen (secondary N) is 1. The Labute approximate surface area is 110 Å². The highest BCUT2D eigenvalue weighted by Gasteiger charge is 2.29. The number of rotatable bonds is 2. The third-order valence-electron chi connectivity index (χ3n) is 4.46. The average Bonchev–Trinajstić information content (AvgIpc) is 2.73. The average molecular weight is 254 g/mol. The zero-order chi connectivity index (χ0) is 12.4. The van der Waals surface area contributed by atoms with Crippen LogP contribution in [0.4, 0.5) is 0 Å².